The molecule has 0 spiro atoms. The van der Waals surface area contributed by atoms with E-state index < -0.39 is 5.60 Å². The SMILES string of the molecule is COc1cc(NC(=O)c2cnn(-c3ccccc3)c2C2CCN(C(=O)OC(C)(C)C)CC2)cc(OC)c1. The van der Waals surface area contributed by atoms with Crippen molar-refractivity contribution in [1.82, 2.24) is 14.7 Å². The molecule has 3 aromatic rings. The summed E-state index contributed by atoms with van der Waals surface area (Å²) in [5.74, 6) is 0.901. The molecule has 0 radical (unpaired) electrons. The van der Waals surface area contributed by atoms with E-state index in [0.29, 0.717) is 48.7 Å². The molecule has 1 N–H and O–H groups in total. The molecule has 1 fully saturated rings. The Balaban J connectivity index is 1.61. The number of likely N-dealkylation sites (tertiary alicyclic amines) is 1. The van der Waals surface area contributed by atoms with Crippen molar-refractivity contribution in [2.24, 2.45) is 0 Å². The lowest BCUT2D eigenvalue weighted by atomic mass is 9.90. The number of amides is 2. The molecule has 0 unspecified atom stereocenters. The molecule has 1 aliphatic rings. The second-order valence-corrected chi connectivity index (χ2v) is 9.99. The Morgan fingerprint density at radius 3 is 2.16 bits per heavy atom. The topological polar surface area (TPSA) is 94.9 Å². The number of aromatic nitrogens is 2. The van der Waals surface area contributed by atoms with Gasteiger partial charge in [-0.3, -0.25) is 4.79 Å². The van der Waals surface area contributed by atoms with Gasteiger partial charge in [0.15, 0.2) is 0 Å². The zero-order valence-electron chi connectivity index (χ0n) is 22.0. The second kappa shape index (κ2) is 10.9. The molecule has 0 aliphatic carbocycles. The van der Waals surface area contributed by atoms with Gasteiger partial charge in [0.05, 0.1) is 37.4 Å². The predicted octanol–water partition coefficient (Wildman–Crippen LogP) is 5.26. The number of ether oxygens (including phenoxy) is 3. The summed E-state index contributed by atoms with van der Waals surface area (Å²) >= 11 is 0. The quantitative estimate of drug-likeness (QED) is 0.490. The smallest absolute Gasteiger partial charge is 0.410 e. The molecule has 0 bridgehead atoms. The van der Waals surface area contributed by atoms with Crippen LogP contribution in [0.2, 0.25) is 0 Å². The third-order valence-electron chi connectivity index (χ3n) is 6.19. The number of anilines is 1. The van der Waals surface area contributed by atoms with Gasteiger partial charge in [-0.2, -0.15) is 5.10 Å². The van der Waals surface area contributed by atoms with Crippen molar-refractivity contribution in [2.45, 2.75) is 45.1 Å². The summed E-state index contributed by atoms with van der Waals surface area (Å²) in [5.41, 5.74) is 2.19. The number of rotatable bonds is 6. The molecule has 1 aliphatic heterocycles. The highest BCUT2D eigenvalue weighted by atomic mass is 16.6. The van der Waals surface area contributed by atoms with E-state index in [9.17, 15) is 9.59 Å². The van der Waals surface area contributed by atoms with Crippen LogP contribution in [0, 0.1) is 0 Å². The van der Waals surface area contributed by atoms with Gasteiger partial charge in [0.25, 0.3) is 5.91 Å². The van der Waals surface area contributed by atoms with Gasteiger partial charge in [-0.05, 0) is 45.7 Å². The number of carbonyl (C=O) groups is 2. The van der Waals surface area contributed by atoms with Gasteiger partial charge in [0, 0.05) is 42.9 Å². The minimum Gasteiger partial charge on any atom is -0.497 e. The number of hydrogen-bond donors (Lipinski definition) is 1. The van der Waals surface area contributed by atoms with Crippen molar-refractivity contribution in [3.8, 4) is 17.2 Å². The zero-order valence-corrected chi connectivity index (χ0v) is 22.0. The summed E-state index contributed by atoms with van der Waals surface area (Å²) in [7, 11) is 3.12. The molecule has 2 heterocycles. The first kappa shape index (κ1) is 26.1. The molecule has 1 saturated heterocycles. The van der Waals surface area contributed by atoms with Crippen LogP contribution in [0.4, 0.5) is 10.5 Å². The van der Waals surface area contributed by atoms with E-state index in [1.165, 1.54) is 0 Å². The molecule has 1 aromatic heterocycles. The van der Waals surface area contributed by atoms with Crippen LogP contribution >= 0.6 is 0 Å². The zero-order chi connectivity index (χ0) is 26.6. The maximum absolute atomic E-state index is 13.5. The third kappa shape index (κ3) is 6.22. The maximum Gasteiger partial charge on any atom is 0.410 e. The number of benzene rings is 2. The van der Waals surface area contributed by atoms with Crippen LogP contribution in [-0.4, -0.2) is 59.6 Å². The van der Waals surface area contributed by atoms with Crippen LogP contribution in [0.3, 0.4) is 0 Å². The normalized spacial score (nSPS) is 14.2. The number of nitrogens with zero attached hydrogens (tertiary/aromatic N) is 3. The van der Waals surface area contributed by atoms with Crippen molar-refractivity contribution in [2.75, 3.05) is 32.6 Å². The van der Waals surface area contributed by atoms with Crippen molar-refractivity contribution < 1.29 is 23.8 Å². The van der Waals surface area contributed by atoms with E-state index in [1.54, 1.807) is 43.5 Å². The monoisotopic (exact) mass is 506 g/mol. The lowest BCUT2D eigenvalue weighted by molar-refractivity contribution is 0.0203. The molecule has 4 rings (SSSR count). The van der Waals surface area contributed by atoms with Gasteiger partial charge >= 0.3 is 6.09 Å². The predicted molar refractivity (Wildman–Crippen MR) is 141 cm³/mol. The highest BCUT2D eigenvalue weighted by Crippen LogP contribution is 2.33. The fourth-order valence-electron chi connectivity index (χ4n) is 4.44. The maximum atomic E-state index is 13.5. The average Bonchev–Trinajstić information content (AvgIpc) is 3.33. The number of para-hydroxylation sites is 1. The van der Waals surface area contributed by atoms with E-state index in [-0.39, 0.29) is 17.9 Å². The van der Waals surface area contributed by atoms with Crippen LogP contribution < -0.4 is 14.8 Å². The fraction of sp³-hybridized carbons (Fsp3) is 0.393. The van der Waals surface area contributed by atoms with Crippen LogP contribution in [0.25, 0.3) is 5.69 Å². The van der Waals surface area contributed by atoms with Gasteiger partial charge in [-0.25, -0.2) is 9.48 Å². The first-order chi connectivity index (χ1) is 17.7. The van der Waals surface area contributed by atoms with Gasteiger partial charge in [0.2, 0.25) is 0 Å². The Labute approximate surface area is 217 Å². The van der Waals surface area contributed by atoms with E-state index >= 15 is 0 Å². The Hall–Kier alpha value is -4.01. The van der Waals surface area contributed by atoms with E-state index in [2.05, 4.69) is 10.4 Å². The number of nitrogens with one attached hydrogen (secondary N) is 1. The van der Waals surface area contributed by atoms with E-state index in [0.717, 1.165) is 11.4 Å². The van der Waals surface area contributed by atoms with Crippen LogP contribution in [0.15, 0.2) is 54.7 Å². The number of methoxy groups -OCH3 is 2. The average molecular weight is 507 g/mol. The standard InChI is InChI=1S/C28H34N4O5/c1-28(2,3)37-27(34)31-13-11-19(12-14-31)25-24(18-29-32(25)21-9-7-6-8-10-21)26(33)30-20-15-22(35-4)17-23(16-20)36-5/h6-10,15-19H,11-14H2,1-5H3,(H,30,33). The van der Waals surface area contributed by atoms with Crippen molar-refractivity contribution in [3.63, 3.8) is 0 Å². The number of piperidine rings is 1. The van der Waals surface area contributed by atoms with Gasteiger partial charge < -0.3 is 24.4 Å². The molecule has 0 atom stereocenters. The summed E-state index contributed by atoms with van der Waals surface area (Å²) in [4.78, 5) is 27.8. The van der Waals surface area contributed by atoms with Crippen molar-refractivity contribution in [1.29, 1.82) is 0 Å². The summed E-state index contributed by atoms with van der Waals surface area (Å²) in [6.07, 6.45) is 2.67. The second-order valence-electron chi connectivity index (χ2n) is 9.99. The Bertz CT molecular complexity index is 1220. The van der Waals surface area contributed by atoms with Crippen molar-refractivity contribution >= 4 is 17.7 Å². The van der Waals surface area contributed by atoms with E-state index in [1.807, 2.05) is 55.8 Å². The molecular weight excluding hydrogens is 472 g/mol. The van der Waals surface area contributed by atoms with Crippen LogP contribution in [-0.2, 0) is 4.74 Å². The van der Waals surface area contributed by atoms with Gasteiger partial charge in [-0.1, -0.05) is 18.2 Å². The number of carbonyl (C=O) groups excluding carboxylic acids is 2. The molecule has 2 amide bonds. The summed E-state index contributed by atoms with van der Waals surface area (Å²) in [5, 5.41) is 7.56. The lowest BCUT2D eigenvalue weighted by Crippen LogP contribution is -2.41. The summed E-state index contributed by atoms with van der Waals surface area (Å²) in [6, 6.07) is 15.0. The van der Waals surface area contributed by atoms with Gasteiger partial charge in [-0.15, -0.1) is 0 Å². The summed E-state index contributed by atoms with van der Waals surface area (Å²) in [6.45, 7) is 6.65. The fourth-order valence-corrected chi connectivity index (χ4v) is 4.44. The van der Waals surface area contributed by atoms with Crippen LogP contribution in [0.1, 0.15) is 55.6 Å². The van der Waals surface area contributed by atoms with Crippen molar-refractivity contribution in [3.05, 3.63) is 66.0 Å². The molecular formula is C28H34N4O5. The third-order valence-corrected chi connectivity index (χ3v) is 6.19. The molecule has 37 heavy (non-hydrogen) atoms. The Kier molecular flexibility index (Phi) is 7.71. The molecule has 196 valence electrons. The first-order valence-electron chi connectivity index (χ1n) is 12.3. The first-order valence-corrected chi connectivity index (χ1v) is 12.3. The number of hydrogen-bond acceptors (Lipinski definition) is 6. The molecule has 9 heteroatoms. The van der Waals surface area contributed by atoms with Crippen LogP contribution in [0.5, 0.6) is 11.5 Å². The van der Waals surface area contributed by atoms with Gasteiger partial charge in [0.1, 0.15) is 17.1 Å². The largest absolute Gasteiger partial charge is 0.497 e. The Morgan fingerprint density at radius 2 is 1.59 bits per heavy atom. The minimum atomic E-state index is -0.548. The lowest BCUT2D eigenvalue weighted by Gasteiger charge is -2.34. The molecule has 0 saturated carbocycles. The highest BCUT2D eigenvalue weighted by Gasteiger charge is 2.32. The molecule has 9 nitrogen and oxygen atoms in total. The Morgan fingerprint density at radius 1 is 0.973 bits per heavy atom. The van der Waals surface area contributed by atoms with E-state index in [4.69, 9.17) is 14.2 Å². The minimum absolute atomic E-state index is 0.0296. The summed E-state index contributed by atoms with van der Waals surface area (Å²) < 4.78 is 18.0. The highest BCUT2D eigenvalue weighted by molar-refractivity contribution is 6.05. The molecule has 2 aromatic carbocycles.